The molecule has 0 unspecified atom stereocenters. The summed E-state index contributed by atoms with van der Waals surface area (Å²) in [6.07, 6.45) is 0. The van der Waals surface area contributed by atoms with E-state index in [-0.39, 0.29) is 0 Å². The van der Waals surface area contributed by atoms with Crippen molar-refractivity contribution in [3.8, 4) is 0 Å². The van der Waals surface area contributed by atoms with Crippen molar-refractivity contribution < 1.29 is 0 Å². The van der Waals surface area contributed by atoms with Gasteiger partial charge in [-0.1, -0.05) is 0 Å². The molecule has 3 aromatic heterocycles. The first kappa shape index (κ1) is 13.2. The molecule has 0 aliphatic heterocycles. The molecule has 0 atom stereocenters. The van der Waals surface area contributed by atoms with Crippen molar-refractivity contribution in [3.05, 3.63) is 45.3 Å². The van der Waals surface area contributed by atoms with E-state index >= 15 is 0 Å². The van der Waals surface area contributed by atoms with Gasteiger partial charge in [-0.3, -0.25) is 0 Å². The zero-order valence-corrected chi connectivity index (χ0v) is 16.2. The van der Waals surface area contributed by atoms with Crippen molar-refractivity contribution in [2.45, 2.75) is 13.8 Å². The molecular weight excluding hydrogens is 400 g/mol. The number of aryl methyl sites for hydroxylation is 3. The molecule has 3 heterocycles. The van der Waals surface area contributed by atoms with Crippen LogP contribution in [0.2, 0.25) is 0 Å². The molecule has 0 bridgehead atoms. The summed E-state index contributed by atoms with van der Waals surface area (Å²) in [5.74, 6) is 0. The van der Waals surface area contributed by atoms with Crippen LogP contribution in [-0.2, 0) is 7.05 Å². The van der Waals surface area contributed by atoms with E-state index in [0.717, 1.165) is 0 Å². The summed E-state index contributed by atoms with van der Waals surface area (Å²) in [6, 6.07) is 14.4. The first-order valence-electron chi connectivity index (χ1n) is 7.43. The Labute approximate surface area is 140 Å². The van der Waals surface area contributed by atoms with Gasteiger partial charge in [0.25, 0.3) is 0 Å². The topological polar surface area (TPSA) is 4.93 Å². The first-order chi connectivity index (χ1) is 10.6. The summed E-state index contributed by atoms with van der Waals surface area (Å²) in [5.41, 5.74) is 2.77. The zero-order chi connectivity index (χ0) is 15.0. The number of fused-ring (bicyclic) bond motifs is 5. The van der Waals surface area contributed by atoms with Gasteiger partial charge in [-0.05, 0) is 0 Å². The molecule has 1 nitrogen and oxygen atoms in total. The van der Waals surface area contributed by atoms with Crippen molar-refractivity contribution in [3.63, 3.8) is 0 Å². The van der Waals surface area contributed by atoms with Crippen molar-refractivity contribution >= 4 is 70.1 Å². The average molecular weight is 415 g/mol. The Bertz CT molecular complexity index is 1110. The van der Waals surface area contributed by atoms with Crippen LogP contribution >= 0.6 is 0 Å². The maximum atomic E-state index is 2.43. The first-order valence-corrected chi connectivity index (χ1v) is 10.9. The van der Waals surface area contributed by atoms with Crippen LogP contribution in [0.25, 0.3) is 41.1 Å². The molecular formula is C19H15NSe2. The third-order valence-electron chi connectivity index (χ3n) is 4.53. The maximum absolute atomic E-state index is 2.43. The molecule has 5 rings (SSSR count). The number of rotatable bonds is 0. The third-order valence-corrected chi connectivity index (χ3v) is 8.78. The molecule has 0 spiro atoms. The summed E-state index contributed by atoms with van der Waals surface area (Å²) in [7, 11) is 2.22. The molecule has 22 heavy (non-hydrogen) atoms. The molecule has 5 aromatic rings. The molecule has 0 aliphatic carbocycles. The van der Waals surface area contributed by atoms with Crippen molar-refractivity contribution in [2.24, 2.45) is 7.05 Å². The predicted octanol–water partition coefficient (Wildman–Crippen LogP) is 4.37. The summed E-state index contributed by atoms with van der Waals surface area (Å²) in [4.78, 5) is 0. The van der Waals surface area contributed by atoms with Gasteiger partial charge in [-0.25, -0.2) is 0 Å². The van der Waals surface area contributed by atoms with E-state index in [1.165, 1.54) is 50.0 Å². The summed E-state index contributed by atoms with van der Waals surface area (Å²) in [6.45, 7) is 4.51. The second-order valence-corrected chi connectivity index (χ2v) is 11.5. The third kappa shape index (κ3) is 1.71. The number of aromatic nitrogens is 1. The Morgan fingerprint density at radius 1 is 0.682 bits per heavy atom. The number of nitrogens with zero attached hydrogens (tertiary/aromatic N) is 1. The zero-order valence-electron chi connectivity index (χ0n) is 12.7. The number of benzene rings is 2. The molecule has 0 aliphatic rings. The van der Waals surface area contributed by atoms with Crippen LogP contribution in [0.1, 0.15) is 8.87 Å². The Balaban J connectivity index is 2.02. The van der Waals surface area contributed by atoms with E-state index in [0.29, 0.717) is 29.0 Å². The van der Waals surface area contributed by atoms with Crippen molar-refractivity contribution in [1.29, 1.82) is 0 Å². The Kier molecular flexibility index (Phi) is 2.64. The van der Waals surface area contributed by atoms with Gasteiger partial charge < -0.3 is 0 Å². The second kappa shape index (κ2) is 4.40. The van der Waals surface area contributed by atoms with Crippen LogP contribution in [0.5, 0.6) is 0 Å². The van der Waals surface area contributed by atoms with E-state index in [2.05, 4.69) is 61.9 Å². The van der Waals surface area contributed by atoms with Gasteiger partial charge in [0.05, 0.1) is 0 Å². The molecule has 0 saturated carbocycles. The van der Waals surface area contributed by atoms with Crippen molar-refractivity contribution in [2.75, 3.05) is 0 Å². The van der Waals surface area contributed by atoms with Gasteiger partial charge in [0, 0.05) is 0 Å². The SMILES string of the molecule is Cc1cc2cc3c4cc5cc(C)[se]c5cc4n(C)c3cc2[se]1. The molecule has 108 valence electrons. The molecule has 2 aromatic carbocycles. The quantitative estimate of drug-likeness (QED) is 0.331. The average Bonchev–Trinajstić information content (AvgIpc) is 3.09. The molecule has 0 N–H and O–H groups in total. The van der Waals surface area contributed by atoms with Gasteiger partial charge in [0.2, 0.25) is 0 Å². The van der Waals surface area contributed by atoms with E-state index in [1.54, 1.807) is 0 Å². The van der Waals surface area contributed by atoms with Gasteiger partial charge in [0.15, 0.2) is 0 Å². The molecule has 0 amide bonds. The fourth-order valence-electron chi connectivity index (χ4n) is 3.53. The monoisotopic (exact) mass is 417 g/mol. The van der Waals surface area contributed by atoms with E-state index in [1.807, 2.05) is 0 Å². The van der Waals surface area contributed by atoms with E-state index in [9.17, 15) is 0 Å². The Hall–Kier alpha value is -1.24. The predicted molar refractivity (Wildman–Crippen MR) is 98.8 cm³/mol. The normalized spacial score (nSPS) is 12.3. The minimum absolute atomic E-state index is 0.519. The van der Waals surface area contributed by atoms with Crippen LogP contribution in [0, 0.1) is 13.8 Å². The fourth-order valence-corrected chi connectivity index (χ4v) is 7.47. The van der Waals surface area contributed by atoms with Gasteiger partial charge in [0.1, 0.15) is 0 Å². The van der Waals surface area contributed by atoms with Crippen LogP contribution in [-0.4, -0.2) is 33.6 Å². The minimum atomic E-state index is 0.519. The van der Waals surface area contributed by atoms with Gasteiger partial charge >= 0.3 is 141 Å². The Morgan fingerprint density at radius 3 is 1.59 bits per heavy atom. The molecule has 0 radical (unpaired) electrons. The van der Waals surface area contributed by atoms with E-state index in [4.69, 9.17) is 0 Å². The van der Waals surface area contributed by atoms with Crippen LogP contribution < -0.4 is 0 Å². The fraction of sp³-hybridized carbons (Fsp3) is 0.158. The van der Waals surface area contributed by atoms with Gasteiger partial charge in [-0.2, -0.15) is 0 Å². The molecule has 0 fully saturated rings. The molecule has 3 heteroatoms. The summed E-state index contributed by atoms with van der Waals surface area (Å²) >= 11 is 1.04. The Morgan fingerprint density at radius 2 is 1.14 bits per heavy atom. The number of hydrogen-bond donors (Lipinski definition) is 0. The van der Waals surface area contributed by atoms with E-state index < -0.39 is 0 Å². The second-order valence-electron chi connectivity index (χ2n) is 6.09. The summed E-state index contributed by atoms with van der Waals surface area (Å²) < 4.78 is 8.53. The summed E-state index contributed by atoms with van der Waals surface area (Å²) in [5, 5.41) is 5.69. The van der Waals surface area contributed by atoms with Crippen molar-refractivity contribution in [1.82, 2.24) is 4.57 Å². The van der Waals surface area contributed by atoms with Gasteiger partial charge in [-0.15, -0.1) is 0 Å². The molecule has 0 saturated heterocycles. The number of hydrogen-bond acceptors (Lipinski definition) is 0. The standard InChI is InChI=1S/C19H15NSe2/c1-10-4-12-6-14-15-7-13-5-11(2)22-19(13)9-17(15)20(3)16(14)8-18(12)21-10/h4-9H,1-3H3. The van der Waals surface area contributed by atoms with Crippen LogP contribution in [0.4, 0.5) is 0 Å². The van der Waals surface area contributed by atoms with Crippen LogP contribution in [0.3, 0.4) is 0 Å². The van der Waals surface area contributed by atoms with Crippen LogP contribution in [0.15, 0.2) is 36.4 Å².